The lowest BCUT2D eigenvalue weighted by molar-refractivity contribution is 0.159. The van der Waals surface area contributed by atoms with Crippen molar-refractivity contribution in [1.82, 2.24) is 9.21 Å². The number of ether oxygens (including phenoxy) is 1. The average molecular weight is 392 g/mol. The summed E-state index contributed by atoms with van der Waals surface area (Å²) in [6.45, 7) is 7.10. The molecule has 1 saturated heterocycles. The highest BCUT2D eigenvalue weighted by atomic mass is 32.2. The molecule has 146 valence electrons. The van der Waals surface area contributed by atoms with Crippen LogP contribution >= 0.6 is 0 Å². The van der Waals surface area contributed by atoms with E-state index in [2.05, 4.69) is 4.90 Å². The van der Waals surface area contributed by atoms with Gasteiger partial charge < -0.3 is 4.74 Å². The summed E-state index contributed by atoms with van der Waals surface area (Å²) in [6, 6.07) is 11.7. The second-order valence-electron chi connectivity index (χ2n) is 6.82. The van der Waals surface area contributed by atoms with Crippen LogP contribution in [0, 0.1) is 19.7 Å². The van der Waals surface area contributed by atoms with Gasteiger partial charge in [0.15, 0.2) is 0 Å². The molecule has 0 atom stereocenters. The monoisotopic (exact) mass is 392 g/mol. The molecule has 1 heterocycles. The quantitative estimate of drug-likeness (QED) is 0.759. The van der Waals surface area contributed by atoms with Crippen molar-refractivity contribution in [1.29, 1.82) is 0 Å². The molecule has 5 nitrogen and oxygen atoms in total. The van der Waals surface area contributed by atoms with Gasteiger partial charge in [-0.1, -0.05) is 17.7 Å². The van der Waals surface area contributed by atoms with Crippen LogP contribution in [0.15, 0.2) is 47.4 Å². The smallest absolute Gasteiger partial charge is 0.243 e. The van der Waals surface area contributed by atoms with Crippen LogP contribution in [0.5, 0.6) is 5.75 Å². The van der Waals surface area contributed by atoms with Crippen molar-refractivity contribution in [2.45, 2.75) is 18.7 Å². The van der Waals surface area contributed by atoms with Crippen molar-refractivity contribution in [3.8, 4) is 5.75 Å². The second-order valence-corrected chi connectivity index (χ2v) is 8.72. The van der Waals surface area contributed by atoms with E-state index in [-0.39, 0.29) is 4.90 Å². The van der Waals surface area contributed by atoms with Gasteiger partial charge in [0.25, 0.3) is 0 Å². The Morgan fingerprint density at radius 1 is 1.00 bits per heavy atom. The Morgan fingerprint density at radius 2 is 1.67 bits per heavy atom. The van der Waals surface area contributed by atoms with Gasteiger partial charge in [-0.2, -0.15) is 4.31 Å². The minimum absolute atomic E-state index is 0.181. The number of halogens is 1. The van der Waals surface area contributed by atoms with Gasteiger partial charge >= 0.3 is 0 Å². The first-order chi connectivity index (χ1) is 12.9. The van der Waals surface area contributed by atoms with Crippen molar-refractivity contribution >= 4 is 10.0 Å². The molecule has 0 amide bonds. The van der Waals surface area contributed by atoms with Crippen LogP contribution in [0.25, 0.3) is 0 Å². The standard InChI is InChI=1S/C20H25FN2O3S/c1-16-3-6-19(7-4-16)26-14-13-22-9-11-23(12-10-22)27(24,25)20-8-5-18(21)15-17(20)2/h3-8,15H,9-14H2,1-2H3. The minimum atomic E-state index is -3.59. The van der Waals surface area contributed by atoms with E-state index in [1.54, 1.807) is 6.92 Å². The van der Waals surface area contributed by atoms with E-state index in [9.17, 15) is 12.8 Å². The number of piperazine rings is 1. The summed E-state index contributed by atoms with van der Waals surface area (Å²) >= 11 is 0. The van der Waals surface area contributed by atoms with E-state index < -0.39 is 15.8 Å². The Hall–Kier alpha value is -1.96. The Bertz CT molecular complexity index is 877. The molecule has 1 fully saturated rings. The van der Waals surface area contributed by atoms with E-state index in [4.69, 9.17) is 4.74 Å². The number of aryl methyl sites for hydroxylation is 2. The van der Waals surface area contributed by atoms with Crippen molar-refractivity contribution in [3.63, 3.8) is 0 Å². The number of hydrogen-bond acceptors (Lipinski definition) is 4. The maximum Gasteiger partial charge on any atom is 0.243 e. The summed E-state index contributed by atoms with van der Waals surface area (Å²) in [5, 5.41) is 0. The molecule has 3 rings (SSSR count). The van der Waals surface area contributed by atoms with Gasteiger partial charge in [0.05, 0.1) is 4.90 Å². The first-order valence-electron chi connectivity index (χ1n) is 9.04. The van der Waals surface area contributed by atoms with Crippen molar-refractivity contribution in [3.05, 3.63) is 59.4 Å². The van der Waals surface area contributed by atoms with E-state index in [1.807, 2.05) is 31.2 Å². The van der Waals surface area contributed by atoms with Crippen LogP contribution in [0.1, 0.15) is 11.1 Å². The Kier molecular flexibility index (Phi) is 6.14. The lowest BCUT2D eigenvalue weighted by atomic mass is 10.2. The average Bonchev–Trinajstić information content (AvgIpc) is 2.63. The largest absolute Gasteiger partial charge is 0.492 e. The van der Waals surface area contributed by atoms with Crippen molar-refractivity contribution < 1.29 is 17.5 Å². The molecule has 2 aromatic carbocycles. The zero-order valence-corrected chi connectivity index (χ0v) is 16.5. The van der Waals surface area contributed by atoms with Crippen LogP contribution in [-0.2, 0) is 10.0 Å². The van der Waals surface area contributed by atoms with Crippen molar-refractivity contribution in [2.24, 2.45) is 0 Å². The molecular weight excluding hydrogens is 367 g/mol. The van der Waals surface area contributed by atoms with E-state index in [0.29, 0.717) is 38.3 Å². The molecule has 0 spiro atoms. The van der Waals surface area contributed by atoms with E-state index in [0.717, 1.165) is 12.3 Å². The van der Waals surface area contributed by atoms with Gasteiger partial charge in [-0.25, -0.2) is 12.8 Å². The Morgan fingerprint density at radius 3 is 2.30 bits per heavy atom. The fourth-order valence-electron chi connectivity index (χ4n) is 3.16. The molecule has 0 aliphatic carbocycles. The number of sulfonamides is 1. The molecule has 0 saturated carbocycles. The fraction of sp³-hybridized carbons (Fsp3) is 0.400. The van der Waals surface area contributed by atoms with Gasteiger partial charge in [-0.05, 0) is 49.7 Å². The highest BCUT2D eigenvalue weighted by Crippen LogP contribution is 2.22. The Balaban J connectivity index is 1.51. The number of nitrogens with zero attached hydrogens (tertiary/aromatic N) is 2. The number of rotatable bonds is 6. The third kappa shape index (κ3) is 4.86. The first-order valence-corrected chi connectivity index (χ1v) is 10.5. The summed E-state index contributed by atoms with van der Waals surface area (Å²) in [7, 11) is -3.59. The van der Waals surface area contributed by atoms with Crippen LogP contribution < -0.4 is 4.74 Å². The molecule has 1 aliphatic heterocycles. The van der Waals surface area contributed by atoms with Gasteiger partial charge in [-0.3, -0.25) is 4.90 Å². The van der Waals surface area contributed by atoms with Crippen LogP contribution in [0.2, 0.25) is 0 Å². The normalized spacial score (nSPS) is 16.4. The SMILES string of the molecule is Cc1ccc(OCCN2CCN(S(=O)(=O)c3ccc(F)cc3C)CC2)cc1. The molecule has 1 aliphatic rings. The molecule has 7 heteroatoms. The maximum absolute atomic E-state index is 13.3. The molecule has 0 aromatic heterocycles. The van der Waals surface area contributed by atoms with Crippen molar-refractivity contribution in [2.75, 3.05) is 39.3 Å². The van der Waals surface area contributed by atoms with Gasteiger partial charge in [0, 0.05) is 32.7 Å². The van der Waals surface area contributed by atoms with Crippen LogP contribution in [0.4, 0.5) is 4.39 Å². The van der Waals surface area contributed by atoms with Crippen LogP contribution in [-0.4, -0.2) is 57.0 Å². The molecular formula is C20H25FN2O3S. The van der Waals surface area contributed by atoms with Crippen LogP contribution in [0.3, 0.4) is 0 Å². The minimum Gasteiger partial charge on any atom is -0.492 e. The lowest BCUT2D eigenvalue weighted by Gasteiger charge is -2.34. The van der Waals surface area contributed by atoms with Gasteiger partial charge in [-0.15, -0.1) is 0 Å². The fourth-order valence-corrected chi connectivity index (χ4v) is 4.79. The first kappa shape index (κ1) is 19.8. The van der Waals surface area contributed by atoms with Gasteiger partial charge in [0.2, 0.25) is 10.0 Å². The summed E-state index contributed by atoms with van der Waals surface area (Å²) in [6.07, 6.45) is 0. The molecule has 0 unspecified atom stereocenters. The zero-order valence-electron chi connectivity index (χ0n) is 15.7. The summed E-state index contributed by atoms with van der Waals surface area (Å²) in [4.78, 5) is 2.37. The third-order valence-corrected chi connectivity index (χ3v) is 6.84. The number of hydrogen-bond donors (Lipinski definition) is 0. The molecule has 27 heavy (non-hydrogen) atoms. The molecule has 0 bridgehead atoms. The third-order valence-electron chi connectivity index (χ3n) is 4.78. The topological polar surface area (TPSA) is 49.9 Å². The second kappa shape index (κ2) is 8.37. The maximum atomic E-state index is 13.3. The zero-order chi connectivity index (χ0) is 19.4. The predicted molar refractivity (Wildman–Crippen MR) is 103 cm³/mol. The van der Waals surface area contributed by atoms with E-state index >= 15 is 0 Å². The Labute approximate surface area is 160 Å². The highest BCUT2D eigenvalue weighted by molar-refractivity contribution is 7.89. The summed E-state index contributed by atoms with van der Waals surface area (Å²) in [5.74, 6) is 0.415. The molecule has 2 aromatic rings. The summed E-state index contributed by atoms with van der Waals surface area (Å²) in [5.41, 5.74) is 1.62. The predicted octanol–water partition coefficient (Wildman–Crippen LogP) is 2.83. The molecule has 0 radical (unpaired) electrons. The highest BCUT2D eigenvalue weighted by Gasteiger charge is 2.29. The van der Waals surface area contributed by atoms with Gasteiger partial charge in [0.1, 0.15) is 18.2 Å². The van der Waals surface area contributed by atoms with E-state index in [1.165, 1.54) is 28.1 Å². The number of benzene rings is 2. The summed E-state index contributed by atoms with van der Waals surface area (Å²) < 4.78 is 46.1. The lowest BCUT2D eigenvalue weighted by Crippen LogP contribution is -2.49. The molecule has 0 N–H and O–H groups in total.